The Bertz CT molecular complexity index is 1660. The topological polar surface area (TPSA) is 131 Å². The monoisotopic (exact) mass is 633 g/mol. The number of carbonyl (C=O) groups excluding carboxylic acids is 1. The zero-order valence-corrected chi connectivity index (χ0v) is 24.3. The number of hydrogen-bond donors (Lipinski definition) is 3. The van der Waals surface area contributed by atoms with E-state index in [-0.39, 0.29) is 18.4 Å². The van der Waals surface area contributed by atoms with Crippen molar-refractivity contribution in [3.8, 4) is 22.8 Å². The number of piperidine rings is 1. The van der Waals surface area contributed by atoms with E-state index in [2.05, 4.69) is 20.1 Å². The first-order valence-electron chi connectivity index (χ1n) is 14.0. The number of nitrogens with zero attached hydrogens (tertiary/aromatic N) is 4. The molecular weight excluding hydrogens is 602 g/mol. The van der Waals surface area contributed by atoms with Crippen LogP contribution in [0.1, 0.15) is 24.3 Å². The number of likely N-dealkylation sites (tertiary alicyclic amines) is 1. The number of methoxy groups -OCH3 is 2. The van der Waals surface area contributed by atoms with Crippen molar-refractivity contribution in [3.05, 3.63) is 66.1 Å². The van der Waals surface area contributed by atoms with Gasteiger partial charge < -0.3 is 34.6 Å². The highest BCUT2D eigenvalue weighted by atomic mass is 19.4. The maximum Gasteiger partial charge on any atom is 0.491 e. The van der Waals surface area contributed by atoms with Gasteiger partial charge in [-0.15, -0.1) is 5.10 Å². The minimum atomic E-state index is -5.29. The predicted molar refractivity (Wildman–Crippen MR) is 154 cm³/mol. The molecule has 1 saturated heterocycles. The Morgan fingerprint density at radius 2 is 1.78 bits per heavy atom. The van der Waals surface area contributed by atoms with Gasteiger partial charge in [0, 0.05) is 18.2 Å². The molecular formula is C30H31F4N5O6. The van der Waals surface area contributed by atoms with Crippen LogP contribution in [-0.2, 0) is 9.53 Å². The van der Waals surface area contributed by atoms with Crippen LogP contribution in [0, 0.1) is 5.82 Å². The number of carbonyl (C=O) groups is 1. The number of nitrogens with one attached hydrogen (secondary N) is 1. The highest BCUT2D eigenvalue weighted by Gasteiger charge is 2.43. The molecule has 15 heteroatoms. The smallest absolute Gasteiger partial charge is 0.491 e. The minimum absolute atomic E-state index is 0.204. The predicted octanol–water partition coefficient (Wildman–Crippen LogP) is 4.26. The van der Waals surface area contributed by atoms with Crippen LogP contribution >= 0.6 is 0 Å². The zero-order chi connectivity index (χ0) is 32.3. The lowest BCUT2D eigenvalue weighted by Gasteiger charge is -2.34. The van der Waals surface area contributed by atoms with Crippen molar-refractivity contribution in [1.82, 2.24) is 19.5 Å². The summed E-state index contributed by atoms with van der Waals surface area (Å²) >= 11 is 0. The van der Waals surface area contributed by atoms with Crippen molar-refractivity contribution in [2.75, 3.05) is 39.2 Å². The number of aliphatic hydroxyl groups is 2. The summed E-state index contributed by atoms with van der Waals surface area (Å²) in [6.07, 6.45) is -6.84. The number of aliphatic hydroxyl groups excluding tert-OH is 2. The molecule has 3 N–H and O–H groups in total. The van der Waals surface area contributed by atoms with Crippen molar-refractivity contribution in [3.63, 3.8) is 0 Å². The molecule has 1 aliphatic heterocycles. The van der Waals surface area contributed by atoms with Gasteiger partial charge in [0.25, 0.3) is 0 Å². The van der Waals surface area contributed by atoms with E-state index in [1.165, 1.54) is 13.2 Å². The minimum Gasteiger partial charge on any atom is -0.496 e. The van der Waals surface area contributed by atoms with Crippen molar-refractivity contribution in [2.24, 2.45) is 0 Å². The Hall–Kier alpha value is -4.47. The molecule has 1 unspecified atom stereocenters. The fourth-order valence-electron chi connectivity index (χ4n) is 5.32. The van der Waals surface area contributed by atoms with E-state index in [4.69, 9.17) is 9.47 Å². The fraction of sp³-hybridized carbons (Fsp3) is 0.367. The lowest BCUT2D eigenvalue weighted by molar-refractivity contribution is -0.231. The SMILES string of the molecule is COc1cc(C2CCN(C[C@@H](O)C(O)OC(=O)C(F)(F)F)CC2)c(F)cc1Nc1ncc2ccc(-c3ccccc3OC)n2n1. The molecule has 0 amide bonds. The number of alkyl halides is 3. The average Bonchev–Trinajstić information content (AvgIpc) is 3.44. The number of ether oxygens (including phenoxy) is 3. The molecule has 1 fully saturated rings. The first kappa shape index (κ1) is 31.9. The van der Waals surface area contributed by atoms with Crippen LogP contribution in [0.5, 0.6) is 11.5 Å². The van der Waals surface area contributed by atoms with Crippen molar-refractivity contribution in [2.45, 2.75) is 37.3 Å². The number of aromatic nitrogens is 3. The number of β-amino-alcohol motifs (C(OH)–C–C–N with tert-alkyl or cyclic N) is 1. The van der Waals surface area contributed by atoms with Crippen LogP contribution in [0.4, 0.5) is 29.2 Å². The van der Waals surface area contributed by atoms with Crippen molar-refractivity contribution < 1.29 is 46.8 Å². The molecule has 5 rings (SSSR count). The Balaban J connectivity index is 1.26. The number of rotatable bonds is 10. The number of anilines is 2. The molecule has 45 heavy (non-hydrogen) atoms. The molecule has 240 valence electrons. The Labute approximate surface area is 255 Å². The lowest BCUT2D eigenvalue weighted by Crippen LogP contribution is -2.45. The van der Waals surface area contributed by atoms with E-state index in [1.807, 2.05) is 36.4 Å². The quantitative estimate of drug-likeness (QED) is 0.132. The van der Waals surface area contributed by atoms with Gasteiger partial charge in [0.05, 0.1) is 37.3 Å². The maximum atomic E-state index is 15.5. The van der Waals surface area contributed by atoms with Crippen molar-refractivity contribution >= 4 is 23.1 Å². The van der Waals surface area contributed by atoms with E-state index >= 15 is 4.39 Å². The van der Waals surface area contributed by atoms with Gasteiger partial charge in [-0.25, -0.2) is 18.7 Å². The lowest BCUT2D eigenvalue weighted by atomic mass is 9.88. The molecule has 1 aliphatic rings. The number of hydrogen-bond acceptors (Lipinski definition) is 10. The maximum absolute atomic E-state index is 15.5. The molecule has 0 spiro atoms. The molecule has 0 aliphatic carbocycles. The molecule has 2 aromatic carbocycles. The number of benzene rings is 2. The summed E-state index contributed by atoms with van der Waals surface area (Å²) < 4.78 is 69.2. The summed E-state index contributed by atoms with van der Waals surface area (Å²) in [6.45, 7) is 0.462. The molecule has 4 aromatic rings. The van der Waals surface area contributed by atoms with Crippen molar-refractivity contribution in [1.29, 1.82) is 0 Å². The summed E-state index contributed by atoms with van der Waals surface area (Å²) in [5.41, 5.74) is 3.08. The van der Waals surface area contributed by atoms with Gasteiger partial charge in [0.1, 0.15) is 23.4 Å². The molecule has 0 radical (unpaired) electrons. The normalized spacial score (nSPS) is 15.9. The van der Waals surface area contributed by atoms with Gasteiger partial charge in [0.15, 0.2) is 0 Å². The van der Waals surface area contributed by atoms with E-state index in [9.17, 15) is 28.2 Å². The van der Waals surface area contributed by atoms with E-state index in [0.717, 1.165) is 16.8 Å². The van der Waals surface area contributed by atoms with Crippen LogP contribution in [-0.4, -0.2) is 88.1 Å². The standard InChI is InChI=1S/C30H31F4N5O6/c1-43-25-6-4-3-5-19(25)23-8-7-18-15-35-29(37-39(18)23)36-22-14-21(31)20(13-26(22)44-2)17-9-11-38(12-10-17)16-24(40)27(41)45-28(42)30(32,33)34/h3-8,13-15,17,24,27,40-41H,9-12,16H2,1-2H3,(H,36,37)/t24-,27?/m1/s1. The van der Waals surface area contributed by atoms with Crippen LogP contribution < -0.4 is 14.8 Å². The first-order valence-corrected chi connectivity index (χ1v) is 14.0. The second-order valence-corrected chi connectivity index (χ2v) is 10.5. The number of fused-ring (bicyclic) bond motifs is 1. The van der Waals surface area contributed by atoms with Gasteiger partial charge >= 0.3 is 12.1 Å². The number of esters is 1. The molecule has 0 bridgehead atoms. The second-order valence-electron chi connectivity index (χ2n) is 10.5. The van der Waals surface area contributed by atoms with Gasteiger partial charge in [0.2, 0.25) is 12.2 Å². The summed E-state index contributed by atoms with van der Waals surface area (Å²) in [5, 5.41) is 27.3. The largest absolute Gasteiger partial charge is 0.496 e. The Kier molecular flexibility index (Phi) is 9.41. The van der Waals surface area contributed by atoms with E-state index in [1.54, 1.807) is 28.8 Å². The third kappa shape index (κ3) is 7.10. The van der Waals surface area contributed by atoms with Crippen LogP contribution in [0.25, 0.3) is 16.8 Å². The second kappa shape index (κ2) is 13.3. The highest BCUT2D eigenvalue weighted by molar-refractivity contribution is 5.75. The highest BCUT2D eigenvalue weighted by Crippen LogP contribution is 2.37. The molecule has 2 aromatic heterocycles. The Morgan fingerprint density at radius 1 is 1.07 bits per heavy atom. The third-order valence-corrected chi connectivity index (χ3v) is 7.61. The first-order chi connectivity index (χ1) is 21.5. The molecule has 3 heterocycles. The molecule has 0 saturated carbocycles. The number of para-hydroxylation sites is 1. The van der Waals surface area contributed by atoms with Crippen LogP contribution in [0.2, 0.25) is 0 Å². The van der Waals surface area contributed by atoms with E-state index in [0.29, 0.717) is 48.7 Å². The zero-order valence-electron chi connectivity index (χ0n) is 24.3. The van der Waals surface area contributed by atoms with E-state index < -0.39 is 30.4 Å². The summed E-state index contributed by atoms with van der Waals surface area (Å²) in [6, 6.07) is 14.2. The van der Waals surface area contributed by atoms with Gasteiger partial charge in [-0.3, -0.25) is 0 Å². The number of halogens is 4. The van der Waals surface area contributed by atoms with Crippen LogP contribution in [0.15, 0.2) is 54.7 Å². The average molecular weight is 634 g/mol. The van der Waals surface area contributed by atoms with Crippen LogP contribution in [0.3, 0.4) is 0 Å². The van der Waals surface area contributed by atoms with Gasteiger partial charge in [-0.05, 0) is 67.7 Å². The van der Waals surface area contributed by atoms with Gasteiger partial charge in [-0.2, -0.15) is 13.2 Å². The summed E-state index contributed by atoms with van der Waals surface area (Å²) in [7, 11) is 3.05. The summed E-state index contributed by atoms with van der Waals surface area (Å²) in [4.78, 5) is 17.0. The molecule has 2 atom stereocenters. The summed E-state index contributed by atoms with van der Waals surface area (Å²) in [5.74, 6) is -2.05. The third-order valence-electron chi connectivity index (χ3n) is 7.61. The molecule has 11 nitrogen and oxygen atoms in total. The fourth-order valence-corrected chi connectivity index (χ4v) is 5.32. The Morgan fingerprint density at radius 3 is 2.47 bits per heavy atom. The van der Waals surface area contributed by atoms with Gasteiger partial charge in [-0.1, -0.05) is 12.1 Å².